The van der Waals surface area contributed by atoms with Crippen molar-refractivity contribution < 1.29 is 22.9 Å². The van der Waals surface area contributed by atoms with Gasteiger partial charge in [0.1, 0.15) is 0 Å². The number of piperazine rings is 1. The zero-order valence-corrected chi connectivity index (χ0v) is 17.0. The fraction of sp³-hybridized carbons (Fsp3) is 0.263. The first-order chi connectivity index (χ1) is 14.2. The number of sulfonamides is 1. The Labute approximate surface area is 173 Å². The Kier molecular flexibility index (Phi) is 6.01. The standard InChI is InChI=1S/C19H20N4O6S/c1-14(24)21-9-11-22(12-10-21)19(25)15-5-7-16(8-6-15)20-30(28,29)18-4-2-3-17(13-18)23(26)27/h2-8,13,20H,9-12H2,1H3. The van der Waals surface area contributed by atoms with E-state index >= 15 is 0 Å². The molecule has 158 valence electrons. The number of nitro benzene ring substituents is 1. The highest BCUT2D eigenvalue weighted by Crippen LogP contribution is 2.21. The zero-order valence-electron chi connectivity index (χ0n) is 16.1. The number of anilines is 1. The first-order valence-corrected chi connectivity index (χ1v) is 10.6. The van der Waals surface area contributed by atoms with Crippen LogP contribution in [0.5, 0.6) is 0 Å². The first-order valence-electron chi connectivity index (χ1n) is 9.09. The Morgan fingerprint density at radius 2 is 1.60 bits per heavy atom. The van der Waals surface area contributed by atoms with Gasteiger partial charge in [0.2, 0.25) is 5.91 Å². The molecule has 3 rings (SSSR count). The van der Waals surface area contributed by atoms with Gasteiger partial charge in [0, 0.05) is 56.5 Å². The van der Waals surface area contributed by atoms with Gasteiger partial charge in [0.25, 0.3) is 21.6 Å². The summed E-state index contributed by atoms with van der Waals surface area (Å²) in [4.78, 5) is 37.3. The van der Waals surface area contributed by atoms with E-state index in [0.29, 0.717) is 31.7 Å². The van der Waals surface area contributed by atoms with Gasteiger partial charge >= 0.3 is 0 Å². The lowest BCUT2D eigenvalue weighted by Crippen LogP contribution is -2.50. The third-order valence-corrected chi connectivity index (χ3v) is 6.11. The molecule has 1 fully saturated rings. The molecule has 11 heteroatoms. The molecular formula is C19H20N4O6S. The number of nitro groups is 1. The Morgan fingerprint density at radius 3 is 2.17 bits per heavy atom. The summed E-state index contributed by atoms with van der Waals surface area (Å²) in [5, 5.41) is 10.9. The predicted molar refractivity (Wildman–Crippen MR) is 109 cm³/mol. The van der Waals surface area contributed by atoms with E-state index in [9.17, 15) is 28.1 Å². The number of hydrogen-bond acceptors (Lipinski definition) is 6. The molecule has 1 saturated heterocycles. The van der Waals surface area contributed by atoms with E-state index in [1.807, 2.05) is 0 Å². The molecule has 0 aliphatic carbocycles. The number of benzene rings is 2. The van der Waals surface area contributed by atoms with Crippen molar-refractivity contribution in [2.45, 2.75) is 11.8 Å². The van der Waals surface area contributed by atoms with Gasteiger partial charge in [0.15, 0.2) is 0 Å². The van der Waals surface area contributed by atoms with E-state index in [4.69, 9.17) is 0 Å². The Hall–Kier alpha value is -3.47. The number of hydrogen-bond donors (Lipinski definition) is 1. The van der Waals surface area contributed by atoms with Crippen LogP contribution in [-0.4, -0.2) is 61.1 Å². The Morgan fingerprint density at radius 1 is 1.00 bits per heavy atom. The largest absolute Gasteiger partial charge is 0.339 e. The third-order valence-electron chi connectivity index (χ3n) is 4.74. The van der Waals surface area contributed by atoms with Gasteiger partial charge in [-0.15, -0.1) is 0 Å². The normalized spacial score (nSPS) is 14.3. The van der Waals surface area contributed by atoms with Crippen LogP contribution >= 0.6 is 0 Å². The van der Waals surface area contributed by atoms with Crippen LogP contribution in [0.4, 0.5) is 11.4 Å². The van der Waals surface area contributed by atoms with Gasteiger partial charge in [-0.1, -0.05) is 6.07 Å². The second-order valence-corrected chi connectivity index (χ2v) is 8.42. The van der Waals surface area contributed by atoms with Gasteiger partial charge < -0.3 is 9.80 Å². The van der Waals surface area contributed by atoms with E-state index in [1.54, 1.807) is 9.80 Å². The molecular weight excluding hydrogens is 412 g/mol. The van der Waals surface area contributed by atoms with Crippen LogP contribution in [0, 0.1) is 10.1 Å². The van der Waals surface area contributed by atoms with Gasteiger partial charge in [-0.2, -0.15) is 0 Å². The van der Waals surface area contributed by atoms with Crippen LogP contribution in [-0.2, 0) is 14.8 Å². The van der Waals surface area contributed by atoms with Gasteiger partial charge in [0.05, 0.1) is 9.82 Å². The van der Waals surface area contributed by atoms with Gasteiger partial charge in [-0.05, 0) is 30.3 Å². The van der Waals surface area contributed by atoms with E-state index in [0.717, 1.165) is 6.07 Å². The second-order valence-electron chi connectivity index (χ2n) is 6.74. The summed E-state index contributed by atoms with van der Waals surface area (Å²) in [6.45, 7) is 3.30. The van der Waals surface area contributed by atoms with Crippen LogP contribution in [0.15, 0.2) is 53.4 Å². The minimum atomic E-state index is -4.02. The zero-order chi connectivity index (χ0) is 21.9. The summed E-state index contributed by atoms with van der Waals surface area (Å²) >= 11 is 0. The van der Waals surface area contributed by atoms with Crippen molar-refractivity contribution in [3.8, 4) is 0 Å². The average molecular weight is 432 g/mol. The van der Waals surface area contributed by atoms with Crippen molar-refractivity contribution >= 4 is 33.2 Å². The SMILES string of the molecule is CC(=O)N1CCN(C(=O)c2ccc(NS(=O)(=O)c3cccc([N+](=O)[O-])c3)cc2)CC1. The number of carbonyl (C=O) groups excluding carboxylic acids is 2. The number of nitrogens with one attached hydrogen (secondary N) is 1. The molecule has 0 bridgehead atoms. The Balaban J connectivity index is 1.68. The lowest BCUT2D eigenvalue weighted by molar-refractivity contribution is -0.385. The lowest BCUT2D eigenvalue weighted by atomic mass is 10.1. The number of nitrogens with zero attached hydrogens (tertiary/aromatic N) is 3. The summed E-state index contributed by atoms with van der Waals surface area (Å²) in [7, 11) is -4.02. The van der Waals surface area contributed by atoms with E-state index in [2.05, 4.69) is 4.72 Å². The van der Waals surface area contributed by atoms with Crippen LogP contribution in [0.2, 0.25) is 0 Å². The molecule has 0 radical (unpaired) electrons. The van der Waals surface area contributed by atoms with Crippen LogP contribution in [0.1, 0.15) is 17.3 Å². The summed E-state index contributed by atoms with van der Waals surface area (Å²) in [6.07, 6.45) is 0. The molecule has 1 heterocycles. The maximum atomic E-state index is 12.6. The summed E-state index contributed by atoms with van der Waals surface area (Å²) in [5.74, 6) is -0.228. The maximum Gasteiger partial charge on any atom is 0.270 e. The van der Waals surface area contributed by atoms with Crippen molar-refractivity contribution in [3.63, 3.8) is 0 Å². The molecule has 0 spiro atoms. The molecule has 0 unspecified atom stereocenters. The number of amides is 2. The molecule has 1 aliphatic rings. The topological polar surface area (TPSA) is 130 Å². The van der Waals surface area contributed by atoms with Crippen LogP contribution < -0.4 is 4.72 Å². The maximum absolute atomic E-state index is 12.6. The monoisotopic (exact) mass is 432 g/mol. The highest BCUT2D eigenvalue weighted by molar-refractivity contribution is 7.92. The average Bonchev–Trinajstić information content (AvgIpc) is 2.73. The van der Waals surface area contributed by atoms with Gasteiger partial charge in [-0.3, -0.25) is 24.4 Å². The predicted octanol–water partition coefficient (Wildman–Crippen LogP) is 1.70. The molecule has 10 nitrogen and oxygen atoms in total. The van der Waals surface area contributed by atoms with E-state index < -0.39 is 14.9 Å². The molecule has 30 heavy (non-hydrogen) atoms. The quantitative estimate of drug-likeness (QED) is 0.565. The van der Waals surface area contributed by atoms with Crippen LogP contribution in [0.25, 0.3) is 0 Å². The Bertz CT molecular complexity index is 1080. The second kappa shape index (κ2) is 8.49. The minimum Gasteiger partial charge on any atom is -0.339 e. The molecule has 2 amide bonds. The third kappa shape index (κ3) is 4.74. The fourth-order valence-electron chi connectivity index (χ4n) is 3.07. The van der Waals surface area contributed by atoms with Crippen molar-refractivity contribution in [2.24, 2.45) is 0 Å². The van der Waals surface area contributed by atoms with Crippen molar-refractivity contribution in [2.75, 3.05) is 30.9 Å². The molecule has 2 aromatic carbocycles. The molecule has 1 N–H and O–H groups in total. The molecule has 0 saturated carbocycles. The fourth-order valence-corrected chi connectivity index (χ4v) is 4.16. The highest BCUT2D eigenvalue weighted by Gasteiger charge is 2.23. The molecule has 0 atom stereocenters. The highest BCUT2D eigenvalue weighted by atomic mass is 32.2. The van der Waals surface area contributed by atoms with Crippen molar-refractivity contribution in [1.29, 1.82) is 0 Å². The smallest absolute Gasteiger partial charge is 0.270 e. The summed E-state index contributed by atoms with van der Waals surface area (Å²) in [6, 6.07) is 10.6. The van der Waals surface area contributed by atoms with Crippen molar-refractivity contribution in [3.05, 3.63) is 64.2 Å². The van der Waals surface area contributed by atoms with Crippen LogP contribution in [0.3, 0.4) is 0 Å². The van der Waals surface area contributed by atoms with E-state index in [1.165, 1.54) is 49.4 Å². The molecule has 1 aliphatic heterocycles. The lowest BCUT2D eigenvalue weighted by Gasteiger charge is -2.34. The number of non-ortho nitro benzene ring substituents is 1. The van der Waals surface area contributed by atoms with E-state index in [-0.39, 0.29) is 28.1 Å². The summed E-state index contributed by atoms with van der Waals surface area (Å²) in [5.41, 5.74) is 0.285. The van der Waals surface area contributed by atoms with Crippen molar-refractivity contribution in [1.82, 2.24) is 9.80 Å². The molecule has 2 aromatic rings. The molecule has 0 aromatic heterocycles. The van der Waals surface area contributed by atoms with Gasteiger partial charge in [-0.25, -0.2) is 8.42 Å². The summed E-state index contributed by atoms with van der Waals surface area (Å²) < 4.78 is 27.3. The number of rotatable bonds is 5. The number of carbonyl (C=O) groups is 2. The minimum absolute atomic E-state index is 0.0255. The first kappa shape index (κ1) is 21.2.